The van der Waals surface area contributed by atoms with Gasteiger partial charge in [0.2, 0.25) is 0 Å². The van der Waals surface area contributed by atoms with Crippen molar-refractivity contribution in [1.29, 1.82) is 0 Å². The van der Waals surface area contributed by atoms with Crippen LogP contribution in [0.1, 0.15) is 5.56 Å². The van der Waals surface area contributed by atoms with Crippen molar-refractivity contribution < 1.29 is 17.9 Å². The van der Waals surface area contributed by atoms with Gasteiger partial charge in [0, 0.05) is 17.1 Å². The predicted octanol–water partition coefficient (Wildman–Crippen LogP) is 4.64. The Kier molecular flexibility index (Phi) is 4.30. The Hall–Kier alpha value is -2.74. The summed E-state index contributed by atoms with van der Waals surface area (Å²) in [5.41, 5.74) is 6.04. The number of halogens is 4. The van der Waals surface area contributed by atoms with E-state index >= 15 is 0 Å². The number of fused-ring (bicyclic) bond motifs is 1. The number of anilines is 3. The van der Waals surface area contributed by atoms with Crippen LogP contribution in [-0.2, 0) is 6.18 Å². The molecular weight excluding hydrogens is 357 g/mol. The molecule has 1 aromatic heterocycles. The molecular formula is C16H12ClF3N4O. The van der Waals surface area contributed by atoms with Gasteiger partial charge in [-0.2, -0.15) is 13.2 Å². The van der Waals surface area contributed by atoms with Crippen molar-refractivity contribution >= 4 is 39.7 Å². The highest BCUT2D eigenvalue weighted by Crippen LogP contribution is 2.37. The number of benzene rings is 2. The molecule has 3 rings (SSSR count). The van der Waals surface area contributed by atoms with Gasteiger partial charge in [0.15, 0.2) is 0 Å². The van der Waals surface area contributed by atoms with Crippen molar-refractivity contribution in [2.45, 2.75) is 6.18 Å². The summed E-state index contributed by atoms with van der Waals surface area (Å²) in [5, 5.41) is 3.02. The molecule has 9 heteroatoms. The van der Waals surface area contributed by atoms with Gasteiger partial charge in [-0.1, -0.05) is 11.6 Å². The van der Waals surface area contributed by atoms with E-state index < -0.39 is 11.7 Å². The van der Waals surface area contributed by atoms with Gasteiger partial charge in [-0.05, 0) is 24.3 Å². The van der Waals surface area contributed by atoms with E-state index in [9.17, 15) is 13.2 Å². The van der Waals surface area contributed by atoms with Crippen molar-refractivity contribution in [2.75, 3.05) is 18.2 Å². The molecule has 0 saturated carbocycles. The summed E-state index contributed by atoms with van der Waals surface area (Å²) in [5.74, 6) is 0.762. The van der Waals surface area contributed by atoms with Crippen LogP contribution in [0.15, 0.2) is 36.7 Å². The summed E-state index contributed by atoms with van der Waals surface area (Å²) in [7, 11) is 1.48. The van der Waals surface area contributed by atoms with Crippen LogP contribution in [0.4, 0.5) is 30.4 Å². The number of alkyl halides is 3. The molecule has 0 saturated heterocycles. The molecule has 3 N–H and O–H groups in total. The number of hydrogen-bond acceptors (Lipinski definition) is 5. The lowest BCUT2D eigenvalue weighted by atomic mass is 10.1. The van der Waals surface area contributed by atoms with E-state index in [1.54, 1.807) is 12.1 Å². The third-order valence-electron chi connectivity index (χ3n) is 3.52. The molecule has 0 aliphatic heterocycles. The van der Waals surface area contributed by atoms with Gasteiger partial charge in [-0.15, -0.1) is 0 Å². The summed E-state index contributed by atoms with van der Waals surface area (Å²) in [6.45, 7) is 0. The van der Waals surface area contributed by atoms with Crippen molar-refractivity contribution in [3.05, 3.63) is 47.2 Å². The van der Waals surface area contributed by atoms with Crippen molar-refractivity contribution in [2.24, 2.45) is 0 Å². The van der Waals surface area contributed by atoms with Crippen LogP contribution in [-0.4, -0.2) is 17.1 Å². The topological polar surface area (TPSA) is 73.1 Å². The largest absolute Gasteiger partial charge is 0.495 e. The summed E-state index contributed by atoms with van der Waals surface area (Å²) in [6, 6.07) is 6.74. The molecule has 1 heterocycles. The van der Waals surface area contributed by atoms with Crippen molar-refractivity contribution in [3.8, 4) is 5.75 Å². The maximum atomic E-state index is 13.0. The van der Waals surface area contributed by atoms with Gasteiger partial charge in [-0.25, -0.2) is 9.97 Å². The number of hydrogen-bond donors (Lipinski definition) is 2. The Bertz CT molecular complexity index is 947. The summed E-state index contributed by atoms with van der Waals surface area (Å²) in [6.07, 6.45) is -3.26. The van der Waals surface area contributed by atoms with Crippen molar-refractivity contribution in [1.82, 2.24) is 9.97 Å². The number of nitrogens with two attached hydrogens (primary N) is 1. The SMILES string of the molecule is COc1cc2ncnc(Nc3ccc(Cl)c(C(F)(F)F)c3)c2cc1N. The zero-order chi connectivity index (χ0) is 18.2. The lowest BCUT2D eigenvalue weighted by Gasteiger charge is -2.13. The molecule has 0 aliphatic rings. The monoisotopic (exact) mass is 368 g/mol. The minimum Gasteiger partial charge on any atom is -0.495 e. The van der Waals surface area contributed by atoms with Crippen LogP contribution in [0.25, 0.3) is 10.9 Å². The van der Waals surface area contributed by atoms with E-state index in [0.717, 1.165) is 6.07 Å². The second-order valence-electron chi connectivity index (χ2n) is 5.15. The van der Waals surface area contributed by atoms with Gasteiger partial charge < -0.3 is 15.8 Å². The standard InChI is InChI=1S/C16H12ClF3N4O/c1-25-14-6-13-9(5-12(14)21)15(23-7-22-13)24-8-2-3-11(17)10(4-8)16(18,19)20/h2-7H,21H2,1H3,(H,22,23,24). The van der Waals surface area contributed by atoms with E-state index in [1.165, 1.54) is 25.6 Å². The molecule has 0 aliphatic carbocycles. The Balaban J connectivity index is 2.05. The first-order chi connectivity index (χ1) is 11.8. The number of nitrogens with zero attached hydrogens (tertiary/aromatic N) is 2. The minimum absolute atomic E-state index is 0.186. The number of rotatable bonds is 3. The van der Waals surface area contributed by atoms with Crippen LogP contribution < -0.4 is 15.8 Å². The molecule has 0 amide bonds. The Labute approximate surface area is 145 Å². The molecule has 0 atom stereocenters. The third kappa shape index (κ3) is 3.39. The van der Waals surface area contributed by atoms with Crippen LogP contribution in [0.3, 0.4) is 0 Å². The molecule has 0 spiro atoms. The van der Waals surface area contributed by atoms with E-state index in [-0.39, 0.29) is 10.7 Å². The molecule has 0 radical (unpaired) electrons. The first-order valence-electron chi connectivity index (χ1n) is 7.01. The van der Waals surface area contributed by atoms with Crippen LogP contribution in [0.2, 0.25) is 5.02 Å². The number of aromatic nitrogens is 2. The normalized spacial score (nSPS) is 11.6. The number of methoxy groups -OCH3 is 1. The zero-order valence-electron chi connectivity index (χ0n) is 12.9. The highest BCUT2D eigenvalue weighted by atomic mass is 35.5. The van der Waals surface area contributed by atoms with E-state index in [4.69, 9.17) is 22.1 Å². The average molecular weight is 369 g/mol. The van der Waals surface area contributed by atoms with E-state index in [0.29, 0.717) is 28.2 Å². The second kappa shape index (κ2) is 6.29. The molecule has 3 aromatic rings. The molecule has 0 bridgehead atoms. The zero-order valence-corrected chi connectivity index (χ0v) is 13.6. The first-order valence-corrected chi connectivity index (χ1v) is 7.39. The van der Waals surface area contributed by atoms with E-state index in [2.05, 4.69) is 15.3 Å². The number of nitrogens with one attached hydrogen (secondary N) is 1. The van der Waals surface area contributed by atoms with Crippen LogP contribution >= 0.6 is 11.6 Å². The second-order valence-corrected chi connectivity index (χ2v) is 5.56. The van der Waals surface area contributed by atoms with Crippen LogP contribution in [0.5, 0.6) is 5.75 Å². The smallest absolute Gasteiger partial charge is 0.417 e. The summed E-state index contributed by atoms with van der Waals surface area (Å²) >= 11 is 5.63. The molecule has 25 heavy (non-hydrogen) atoms. The third-order valence-corrected chi connectivity index (χ3v) is 3.85. The number of ether oxygens (including phenoxy) is 1. The first kappa shape index (κ1) is 17.1. The Morgan fingerprint density at radius 3 is 2.60 bits per heavy atom. The van der Waals surface area contributed by atoms with Gasteiger partial charge in [0.25, 0.3) is 0 Å². The molecule has 0 unspecified atom stereocenters. The number of nitrogen functional groups attached to an aromatic ring is 1. The maximum Gasteiger partial charge on any atom is 0.417 e. The lowest BCUT2D eigenvalue weighted by Crippen LogP contribution is -2.07. The fraction of sp³-hybridized carbons (Fsp3) is 0.125. The summed E-state index contributed by atoms with van der Waals surface area (Å²) < 4.78 is 44.1. The Morgan fingerprint density at radius 1 is 1.16 bits per heavy atom. The highest BCUT2D eigenvalue weighted by Gasteiger charge is 2.33. The summed E-state index contributed by atoms with van der Waals surface area (Å²) in [4.78, 5) is 8.20. The average Bonchev–Trinajstić information content (AvgIpc) is 2.55. The van der Waals surface area contributed by atoms with Gasteiger partial charge in [0.05, 0.1) is 28.9 Å². The van der Waals surface area contributed by atoms with E-state index in [1.807, 2.05) is 0 Å². The van der Waals surface area contributed by atoms with Gasteiger partial charge >= 0.3 is 6.18 Å². The fourth-order valence-corrected chi connectivity index (χ4v) is 2.56. The Morgan fingerprint density at radius 2 is 1.92 bits per heavy atom. The van der Waals surface area contributed by atoms with Crippen LogP contribution in [0, 0.1) is 0 Å². The maximum absolute atomic E-state index is 13.0. The molecule has 5 nitrogen and oxygen atoms in total. The van der Waals surface area contributed by atoms with Gasteiger partial charge in [-0.3, -0.25) is 0 Å². The van der Waals surface area contributed by atoms with Gasteiger partial charge in [0.1, 0.15) is 17.9 Å². The quantitative estimate of drug-likeness (QED) is 0.659. The highest BCUT2D eigenvalue weighted by molar-refractivity contribution is 6.31. The molecule has 130 valence electrons. The minimum atomic E-state index is -4.56. The molecule has 2 aromatic carbocycles. The van der Waals surface area contributed by atoms with Crippen molar-refractivity contribution in [3.63, 3.8) is 0 Å². The molecule has 0 fully saturated rings. The lowest BCUT2D eigenvalue weighted by molar-refractivity contribution is -0.137. The fourth-order valence-electron chi connectivity index (χ4n) is 2.33. The predicted molar refractivity (Wildman–Crippen MR) is 90.2 cm³/mol.